The van der Waals surface area contributed by atoms with Gasteiger partial charge in [-0.3, -0.25) is 0 Å². The first-order chi connectivity index (χ1) is 8.50. The summed E-state index contributed by atoms with van der Waals surface area (Å²) in [6.45, 7) is 1.64. The number of benzene rings is 2. The maximum atomic E-state index is 13.4. The zero-order valence-electron chi connectivity index (χ0n) is 9.31. The van der Waals surface area contributed by atoms with Crippen LogP contribution in [0.5, 0.6) is 11.5 Å². The molecule has 0 fully saturated rings. The summed E-state index contributed by atoms with van der Waals surface area (Å²) in [5.74, 6) is -7.08. The van der Waals surface area contributed by atoms with Gasteiger partial charge in [-0.05, 0) is 18.6 Å². The third kappa shape index (κ3) is 2.16. The van der Waals surface area contributed by atoms with E-state index in [2.05, 4.69) is 0 Å². The van der Waals surface area contributed by atoms with E-state index in [1.165, 1.54) is 6.07 Å². The first-order valence-electron chi connectivity index (χ1n) is 5.07. The summed E-state index contributed by atoms with van der Waals surface area (Å²) >= 11 is 0. The van der Waals surface area contributed by atoms with Crippen molar-refractivity contribution in [1.82, 2.24) is 0 Å². The summed E-state index contributed by atoms with van der Waals surface area (Å²) < 4.78 is 57.5. The average molecular weight is 256 g/mol. The van der Waals surface area contributed by atoms with Crippen LogP contribution < -0.4 is 4.74 Å². The number of rotatable bonds is 2. The number of hydrogen-bond acceptors (Lipinski definition) is 1. The molecule has 0 aromatic heterocycles. The van der Waals surface area contributed by atoms with Crippen molar-refractivity contribution in [2.24, 2.45) is 0 Å². The maximum Gasteiger partial charge on any atom is 0.204 e. The molecule has 0 saturated carbocycles. The Bertz CT molecular complexity index is 570. The molecule has 0 spiro atoms. The van der Waals surface area contributed by atoms with E-state index in [4.69, 9.17) is 4.74 Å². The number of para-hydroxylation sites is 1. The van der Waals surface area contributed by atoms with E-state index in [0.29, 0.717) is 5.56 Å². The van der Waals surface area contributed by atoms with Crippen molar-refractivity contribution in [3.63, 3.8) is 0 Å². The molecule has 1 nitrogen and oxygen atoms in total. The van der Waals surface area contributed by atoms with Crippen LogP contribution in [0.15, 0.2) is 30.3 Å². The van der Waals surface area contributed by atoms with Crippen molar-refractivity contribution in [1.29, 1.82) is 0 Å². The van der Waals surface area contributed by atoms with Crippen LogP contribution in [0.2, 0.25) is 0 Å². The second-order valence-corrected chi connectivity index (χ2v) is 3.66. The van der Waals surface area contributed by atoms with E-state index in [1.807, 2.05) is 0 Å². The SMILES string of the molecule is Cc1ccccc1Oc1c(F)c(F)cc(F)c1F. The van der Waals surface area contributed by atoms with Gasteiger partial charge in [0.05, 0.1) is 0 Å². The lowest BCUT2D eigenvalue weighted by molar-refractivity contribution is 0.365. The third-order valence-electron chi connectivity index (χ3n) is 2.38. The predicted molar refractivity (Wildman–Crippen MR) is 57.5 cm³/mol. The molecular weight excluding hydrogens is 248 g/mol. The van der Waals surface area contributed by atoms with Gasteiger partial charge in [-0.25, -0.2) is 8.78 Å². The van der Waals surface area contributed by atoms with E-state index in [0.717, 1.165) is 0 Å². The molecule has 2 aromatic carbocycles. The lowest BCUT2D eigenvalue weighted by Crippen LogP contribution is -2.00. The van der Waals surface area contributed by atoms with E-state index < -0.39 is 29.0 Å². The summed E-state index contributed by atoms with van der Waals surface area (Å²) in [4.78, 5) is 0. The van der Waals surface area contributed by atoms with E-state index in [9.17, 15) is 17.6 Å². The minimum Gasteiger partial charge on any atom is -0.451 e. The highest BCUT2D eigenvalue weighted by molar-refractivity contribution is 5.38. The van der Waals surface area contributed by atoms with Gasteiger partial charge < -0.3 is 4.74 Å². The van der Waals surface area contributed by atoms with E-state index >= 15 is 0 Å². The van der Waals surface area contributed by atoms with Crippen LogP contribution in [0, 0.1) is 30.2 Å². The monoisotopic (exact) mass is 256 g/mol. The Morgan fingerprint density at radius 1 is 0.889 bits per heavy atom. The lowest BCUT2D eigenvalue weighted by atomic mass is 10.2. The predicted octanol–water partition coefficient (Wildman–Crippen LogP) is 4.34. The van der Waals surface area contributed by atoms with Gasteiger partial charge in [0.2, 0.25) is 17.4 Å². The second kappa shape index (κ2) is 4.68. The first-order valence-corrected chi connectivity index (χ1v) is 5.07. The quantitative estimate of drug-likeness (QED) is 0.573. The van der Waals surface area contributed by atoms with Crippen molar-refractivity contribution in [3.05, 3.63) is 59.2 Å². The summed E-state index contributed by atoms with van der Waals surface area (Å²) in [7, 11) is 0. The topological polar surface area (TPSA) is 9.23 Å². The number of aryl methyl sites for hydroxylation is 1. The van der Waals surface area contributed by atoms with Gasteiger partial charge in [-0.1, -0.05) is 18.2 Å². The molecule has 0 radical (unpaired) electrons. The molecule has 5 heteroatoms. The van der Waals surface area contributed by atoms with Gasteiger partial charge in [0, 0.05) is 6.07 Å². The van der Waals surface area contributed by atoms with E-state index in [1.54, 1.807) is 25.1 Å². The highest BCUT2D eigenvalue weighted by atomic mass is 19.2. The number of hydrogen-bond donors (Lipinski definition) is 0. The molecule has 0 N–H and O–H groups in total. The molecule has 0 aliphatic rings. The van der Waals surface area contributed by atoms with E-state index in [-0.39, 0.29) is 11.8 Å². The molecule has 0 saturated heterocycles. The molecule has 94 valence electrons. The second-order valence-electron chi connectivity index (χ2n) is 3.66. The zero-order chi connectivity index (χ0) is 13.3. The minimum atomic E-state index is -1.56. The molecule has 2 aromatic rings. The zero-order valence-corrected chi connectivity index (χ0v) is 9.31. The standard InChI is InChI=1S/C13H8F4O/c1-7-4-2-3-5-10(7)18-13-11(16)8(14)6-9(15)12(13)17/h2-6H,1H3. The van der Waals surface area contributed by atoms with Crippen LogP contribution in [0.4, 0.5) is 17.6 Å². The Labute approximate surface area is 101 Å². The Balaban J connectivity index is 2.50. The molecule has 0 aliphatic carbocycles. The van der Waals surface area contributed by atoms with Crippen molar-refractivity contribution < 1.29 is 22.3 Å². The Morgan fingerprint density at radius 3 is 2.00 bits per heavy atom. The molecular formula is C13H8F4O. The van der Waals surface area contributed by atoms with Gasteiger partial charge >= 0.3 is 0 Å². The Morgan fingerprint density at radius 2 is 1.44 bits per heavy atom. The summed E-state index contributed by atoms with van der Waals surface area (Å²) in [5.41, 5.74) is 0.584. The van der Waals surface area contributed by atoms with Crippen LogP contribution >= 0.6 is 0 Å². The summed E-state index contributed by atoms with van der Waals surface area (Å²) in [6, 6.07) is 6.49. The fourth-order valence-corrected chi connectivity index (χ4v) is 1.42. The van der Waals surface area contributed by atoms with Gasteiger partial charge in [-0.15, -0.1) is 0 Å². The van der Waals surface area contributed by atoms with Crippen molar-refractivity contribution in [2.75, 3.05) is 0 Å². The van der Waals surface area contributed by atoms with Crippen LogP contribution in [0.25, 0.3) is 0 Å². The molecule has 18 heavy (non-hydrogen) atoms. The third-order valence-corrected chi connectivity index (χ3v) is 2.38. The molecule has 0 bridgehead atoms. The van der Waals surface area contributed by atoms with Crippen LogP contribution in [0.3, 0.4) is 0 Å². The fourth-order valence-electron chi connectivity index (χ4n) is 1.42. The Hall–Kier alpha value is -2.04. The fraction of sp³-hybridized carbons (Fsp3) is 0.0769. The van der Waals surface area contributed by atoms with Crippen molar-refractivity contribution in [3.8, 4) is 11.5 Å². The van der Waals surface area contributed by atoms with Gasteiger partial charge in [0.1, 0.15) is 5.75 Å². The highest BCUT2D eigenvalue weighted by Gasteiger charge is 2.21. The molecule has 0 amide bonds. The lowest BCUT2D eigenvalue weighted by Gasteiger charge is -2.10. The molecule has 0 unspecified atom stereocenters. The van der Waals surface area contributed by atoms with Crippen molar-refractivity contribution >= 4 is 0 Å². The summed E-state index contributed by atoms with van der Waals surface area (Å²) in [6.07, 6.45) is 0. The van der Waals surface area contributed by atoms with Crippen molar-refractivity contribution in [2.45, 2.75) is 6.92 Å². The molecule has 0 aliphatic heterocycles. The number of ether oxygens (including phenoxy) is 1. The van der Waals surface area contributed by atoms with Gasteiger partial charge in [0.15, 0.2) is 11.6 Å². The van der Waals surface area contributed by atoms with Crippen LogP contribution in [0.1, 0.15) is 5.56 Å². The molecule has 2 rings (SSSR count). The highest BCUT2D eigenvalue weighted by Crippen LogP contribution is 2.32. The van der Waals surface area contributed by atoms with Gasteiger partial charge in [0.25, 0.3) is 0 Å². The smallest absolute Gasteiger partial charge is 0.204 e. The van der Waals surface area contributed by atoms with Gasteiger partial charge in [-0.2, -0.15) is 8.78 Å². The van der Waals surface area contributed by atoms with Crippen LogP contribution in [-0.4, -0.2) is 0 Å². The minimum absolute atomic E-state index is 0.125. The average Bonchev–Trinajstić information content (AvgIpc) is 2.34. The summed E-state index contributed by atoms with van der Waals surface area (Å²) in [5, 5.41) is 0. The number of halogens is 4. The maximum absolute atomic E-state index is 13.4. The Kier molecular flexibility index (Phi) is 3.23. The van der Waals surface area contributed by atoms with Crippen LogP contribution in [-0.2, 0) is 0 Å². The largest absolute Gasteiger partial charge is 0.451 e. The molecule has 0 heterocycles. The normalized spacial score (nSPS) is 10.5. The molecule has 0 atom stereocenters. The first kappa shape index (κ1) is 12.4.